The second kappa shape index (κ2) is 9.13. The quantitative estimate of drug-likeness (QED) is 0.340. The van der Waals surface area contributed by atoms with Crippen LogP contribution in [0.5, 0.6) is 0 Å². The maximum Gasteiger partial charge on any atom is 0.192 e. The van der Waals surface area contributed by atoms with Gasteiger partial charge in [-0.25, -0.2) is 0 Å². The molecule has 0 spiro atoms. The van der Waals surface area contributed by atoms with Crippen LogP contribution in [0.4, 0.5) is 0 Å². The van der Waals surface area contributed by atoms with Gasteiger partial charge in [0.15, 0.2) is 8.32 Å². The highest BCUT2D eigenvalue weighted by Crippen LogP contribution is 2.53. The van der Waals surface area contributed by atoms with Crippen LogP contribution in [-0.2, 0) is 29.4 Å². The highest BCUT2D eigenvalue weighted by atomic mass is 32.2. The van der Waals surface area contributed by atoms with Crippen molar-refractivity contribution in [3.63, 3.8) is 0 Å². The molecule has 36 heavy (non-hydrogen) atoms. The van der Waals surface area contributed by atoms with Gasteiger partial charge in [-0.3, -0.25) is 4.68 Å². The van der Waals surface area contributed by atoms with Crippen LogP contribution in [0, 0.1) is 0 Å². The molecule has 0 N–H and O–H groups in total. The summed E-state index contributed by atoms with van der Waals surface area (Å²) < 4.78 is 11.1. The van der Waals surface area contributed by atoms with Crippen molar-refractivity contribution < 1.29 is 4.43 Å². The molecule has 0 bridgehead atoms. The smallest absolute Gasteiger partial charge is 0.192 e. The largest absolute Gasteiger partial charge is 0.415 e. The average Bonchev–Trinajstić information content (AvgIpc) is 3.38. The molecule has 194 valence electrons. The minimum atomic E-state index is -1.79. The molecule has 1 unspecified atom stereocenters. The van der Waals surface area contributed by atoms with Crippen molar-refractivity contribution in [3.05, 3.63) is 53.9 Å². The summed E-state index contributed by atoms with van der Waals surface area (Å²) in [5, 5.41) is 14.2. The molecule has 1 aliphatic heterocycles. The number of nitrogens with zero attached hydrogens (tertiary/aromatic N) is 5. The Hall–Kier alpha value is -1.90. The fourth-order valence-corrected chi connectivity index (χ4v) is 7.26. The molecule has 1 aromatic carbocycles. The van der Waals surface area contributed by atoms with Gasteiger partial charge < -0.3 is 8.99 Å². The van der Waals surface area contributed by atoms with Crippen LogP contribution in [0.15, 0.2) is 36.7 Å². The van der Waals surface area contributed by atoms with Crippen LogP contribution in [-0.4, -0.2) is 50.0 Å². The number of rotatable bonds is 7. The van der Waals surface area contributed by atoms with Gasteiger partial charge in [0.25, 0.3) is 0 Å². The summed E-state index contributed by atoms with van der Waals surface area (Å²) >= 11 is 2.04. The van der Waals surface area contributed by atoms with Gasteiger partial charge >= 0.3 is 0 Å². The second-order valence-electron chi connectivity index (χ2n) is 12.4. The van der Waals surface area contributed by atoms with Gasteiger partial charge in [-0.2, -0.15) is 16.9 Å². The third kappa shape index (κ3) is 4.72. The van der Waals surface area contributed by atoms with E-state index in [4.69, 9.17) is 14.6 Å². The zero-order valence-corrected chi connectivity index (χ0v) is 24.8. The maximum absolute atomic E-state index is 6.67. The van der Waals surface area contributed by atoms with Crippen molar-refractivity contribution in [3.8, 4) is 11.1 Å². The van der Waals surface area contributed by atoms with Gasteiger partial charge in [-0.15, -0.1) is 10.2 Å². The number of benzene rings is 1. The summed E-state index contributed by atoms with van der Waals surface area (Å²) in [6.07, 6.45) is 7.24. The minimum absolute atomic E-state index is 0.000424. The Kier molecular flexibility index (Phi) is 6.53. The lowest BCUT2D eigenvalue weighted by atomic mass is 9.93. The van der Waals surface area contributed by atoms with E-state index in [1.54, 1.807) is 0 Å². The molecule has 1 aliphatic carbocycles. The highest BCUT2D eigenvalue weighted by molar-refractivity contribution is 8.00. The van der Waals surface area contributed by atoms with E-state index in [1.165, 1.54) is 16.7 Å². The van der Waals surface area contributed by atoms with Crippen LogP contribution in [0.3, 0.4) is 0 Å². The summed E-state index contributed by atoms with van der Waals surface area (Å²) in [5.41, 5.74) is 3.73. The first kappa shape index (κ1) is 25.7. The lowest BCUT2D eigenvalue weighted by Gasteiger charge is -2.39. The Bertz CT molecular complexity index is 1220. The molecular weight excluding hydrogens is 482 g/mol. The van der Waals surface area contributed by atoms with Crippen molar-refractivity contribution in [1.29, 1.82) is 0 Å². The van der Waals surface area contributed by atoms with Gasteiger partial charge in [-0.05, 0) is 55.9 Å². The molecule has 1 fully saturated rings. The first-order valence-corrected chi connectivity index (χ1v) is 17.2. The Labute approximate surface area is 221 Å². The monoisotopic (exact) mass is 523 g/mol. The van der Waals surface area contributed by atoms with Crippen molar-refractivity contribution in [2.75, 3.05) is 12.4 Å². The van der Waals surface area contributed by atoms with E-state index in [2.05, 4.69) is 87.8 Å². The lowest BCUT2D eigenvalue weighted by Crippen LogP contribution is -2.45. The molecule has 6 nitrogen and oxygen atoms in total. The zero-order valence-electron chi connectivity index (χ0n) is 23.0. The first-order chi connectivity index (χ1) is 17.0. The van der Waals surface area contributed by atoms with Crippen LogP contribution >= 0.6 is 11.8 Å². The summed E-state index contributed by atoms with van der Waals surface area (Å²) in [4.78, 5) is 0. The molecule has 5 rings (SSSR count). The second-order valence-corrected chi connectivity index (χ2v) is 18.9. The Morgan fingerprint density at radius 1 is 1.08 bits per heavy atom. The number of hydrogen-bond donors (Lipinski definition) is 0. The molecule has 2 aliphatic rings. The summed E-state index contributed by atoms with van der Waals surface area (Å²) in [7, 11) is -1.79. The van der Waals surface area contributed by atoms with Crippen LogP contribution < -0.4 is 0 Å². The summed E-state index contributed by atoms with van der Waals surface area (Å²) in [6.45, 7) is 18.7. The SMILES string of the molecule is CCn1cc(-c2ccc(C3(c4nnc5n4CCSC(C)(CO[Si](C)(C)C(C)(C)C)C5)CC3)cc2)cn1. The fraction of sp³-hybridized carbons (Fsp3) is 0.607. The van der Waals surface area contributed by atoms with E-state index in [0.717, 1.165) is 56.4 Å². The normalized spacial score (nSPS) is 21.8. The lowest BCUT2D eigenvalue weighted by molar-refractivity contribution is 0.252. The molecule has 1 atom stereocenters. The number of aryl methyl sites for hydroxylation is 1. The average molecular weight is 524 g/mol. The van der Waals surface area contributed by atoms with E-state index in [-0.39, 0.29) is 15.2 Å². The molecule has 2 aromatic heterocycles. The molecule has 1 saturated carbocycles. The Morgan fingerprint density at radius 2 is 1.81 bits per heavy atom. The molecule has 3 aromatic rings. The van der Waals surface area contributed by atoms with Gasteiger partial charge in [0.2, 0.25) is 0 Å². The molecule has 0 amide bonds. The van der Waals surface area contributed by atoms with E-state index >= 15 is 0 Å². The van der Waals surface area contributed by atoms with Gasteiger partial charge in [-0.1, -0.05) is 45.0 Å². The third-order valence-electron chi connectivity index (χ3n) is 8.58. The number of aromatic nitrogens is 5. The van der Waals surface area contributed by atoms with Gasteiger partial charge in [0.1, 0.15) is 11.6 Å². The number of thioether (sulfide) groups is 1. The molecule has 0 radical (unpaired) electrons. The zero-order chi connectivity index (χ0) is 25.8. The van der Waals surface area contributed by atoms with Crippen molar-refractivity contribution in [2.24, 2.45) is 0 Å². The molecule has 8 heteroatoms. The summed E-state index contributed by atoms with van der Waals surface area (Å²) in [6, 6.07) is 9.04. The molecular formula is C28H41N5OSSi. The van der Waals surface area contributed by atoms with Crippen LogP contribution in [0.25, 0.3) is 11.1 Å². The fourth-order valence-electron chi connectivity index (χ4n) is 4.90. The van der Waals surface area contributed by atoms with E-state index < -0.39 is 8.32 Å². The predicted octanol–water partition coefficient (Wildman–Crippen LogP) is 6.31. The highest BCUT2D eigenvalue weighted by Gasteiger charge is 2.51. The number of fused-ring (bicyclic) bond motifs is 1. The van der Waals surface area contributed by atoms with E-state index in [1.807, 2.05) is 22.6 Å². The Morgan fingerprint density at radius 3 is 2.42 bits per heavy atom. The standard InChI is InChI=1S/C28H41N5OSSi/c1-8-32-19-22(18-29-32)21-9-11-23(12-10-21)28(13-14-28)25-31-30-24-17-27(5,35-16-15-33(24)25)20-34-36(6,7)26(2,3)4/h9-12,18-19H,8,13-17,20H2,1-7H3. The first-order valence-electron chi connectivity index (χ1n) is 13.3. The molecule has 0 saturated heterocycles. The van der Waals surface area contributed by atoms with Gasteiger partial charge in [0, 0.05) is 48.4 Å². The van der Waals surface area contributed by atoms with Crippen molar-refractivity contribution >= 4 is 20.1 Å². The predicted molar refractivity (Wildman–Crippen MR) is 151 cm³/mol. The van der Waals surface area contributed by atoms with Crippen molar-refractivity contribution in [2.45, 2.75) is 95.3 Å². The minimum Gasteiger partial charge on any atom is -0.415 e. The van der Waals surface area contributed by atoms with E-state index in [9.17, 15) is 0 Å². The molecule has 3 heterocycles. The van der Waals surface area contributed by atoms with Gasteiger partial charge in [0.05, 0.1) is 11.6 Å². The maximum atomic E-state index is 6.67. The third-order valence-corrected chi connectivity index (χ3v) is 14.4. The van der Waals surface area contributed by atoms with Crippen LogP contribution in [0.1, 0.15) is 64.7 Å². The topological polar surface area (TPSA) is 57.8 Å². The van der Waals surface area contributed by atoms with Crippen LogP contribution in [0.2, 0.25) is 18.1 Å². The van der Waals surface area contributed by atoms with E-state index in [0.29, 0.717) is 0 Å². The number of hydrogen-bond acceptors (Lipinski definition) is 5. The summed E-state index contributed by atoms with van der Waals surface area (Å²) in [5.74, 6) is 3.33. The van der Waals surface area contributed by atoms with Crippen molar-refractivity contribution in [1.82, 2.24) is 24.5 Å². The Balaban J connectivity index is 1.35.